The molecule has 0 aliphatic heterocycles. The number of rotatable bonds is 6. The zero-order valence-corrected chi connectivity index (χ0v) is 14.9. The maximum absolute atomic E-state index is 13.9. The minimum atomic E-state index is -1.53. The molecule has 140 valence electrons. The number of nitrogens with one attached hydrogen (secondary N) is 1. The molecule has 0 atom stereocenters. The van der Waals surface area contributed by atoms with Crippen LogP contribution in [0, 0.1) is 24.4 Å². The van der Waals surface area contributed by atoms with Gasteiger partial charge in [0.25, 0.3) is 0 Å². The molecule has 0 unspecified atom stereocenters. The Bertz CT molecular complexity index is 934. The van der Waals surface area contributed by atoms with E-state index in [9.17, 15) is 13.2 Å². The second-order valence-electron chi connectivity index (χ2n) is 6.07. The number of hydrogen-bond acceptors (Lipinski definition) is 5. The molecule has 5 nitrogen and oxygen atoms in total. The molecule has 2 heterocycles. The summed E-state index contributed by atoms with van der Waals surface area (Å²) in [6.45, 7) is 2.43. The minimum Gasteiger partial charge on any atom is -0.343 e. The molecule has 8 heteroatoms. The molecule has 27 heavy (non-hydrogen) atoms. The van der Waals surface area contributed by atoms with Crippen molar-refractivity contribution in [3.63, 3.8) is 0 Å². The number of hydrogen-bond donors (Lipinski definition) is 1. The van der Waals surface area contributed by atoms with E-state index in [2.05, 4.69) is 20.3 Å². The predicted molar refractivity (Wildman–Crippen MR) is 97.6 cm³/mol. The summed E-state index contributed by atoms with van der Waals surface area (Å²) in [5.74, 6) is -3.33. The number of likely N-dealkylation sites (N-methyl/N-ethyl adjacent to an activating group) is 1. The number of halogens is 3. The number of pyridine rings is 1. The van der Waals surface area contributed by atoms with Crippen molar-refractivity contribution in [1.82, 2.24) is 15.0 Å². The molecule has 1 N–H and O–H groups in total. The van der Waals surface area contributed by atoms with Crippen molar-refractivity contribution in [2.45, 2.75) is 13.3 Å². The highest BCUT2D eigenvalue weighted by Crippen LogP contribution is 2.24. The average Bonchev–Trinajstić information content (AvgIpc) is 2.67. The Morgan fingerprint density at radius 1 is 1.00 bits per heavy atom. The second-order valence-corrected chi connectivity index (χ2v) is 6.07. The van der Waals surface area contributed by atoms with Crippen molar-refractivity contribution in [2.75, 3.05) is 23.8 Å². The molecule has 0 fully saturated rings. The molecule has 3 rings (SSSR count). The summed E-state index contributed by atoms with van der Waals surface area (Å²) < 4.78 is 40.4. The van der Waals surface area contributed by atoms with E-state index in [0.717, 1.165) is 24.1 Å². The Labute approximate surface area is 154 Å². The third kappa shape index (κ3) is 4.52. The third-order valence-corrected chi connectivity index (χ3v) is 3.97. The van der Waals surface area contributed by atoms with Gasteiger partial charge in [0.05, 0.1) is 5.69 Å². The highest BCUT2D eigenvalue weighted by Gasteiger charge is 2.15. The topological polar surface area (TPSA) is 53.9 Å². The summed E-state index contributed by atoms with van der Waals surface area (Å²) in [6.07, 6.45) is 4.24. The van der Waals surface area contributed by atoms with Crippen LogP contribution in [0.5, 0.6) is 0 Å². The molecule has 0 aliphatic carbocycles. The Morgan fingerprint density at radius 2 is 1.74 bits per heavy atom. The van der Waals surface area contributed by atoms with E-state index in [4.69, 9.17) is 0 Å². The molecule has 3 aromatic rings. The first-order chi connectivity index (χ1) is 12.9. The molecule has 0 bridgehead atoms. The molecule has 0 amide bonds. The molecular formula is C19H18F3N5. The van der Waals surface area contributed by atoms with E-state index in [0.29, 0.717) is 18.2 Å². The number of nitrogens with zero attached hydrogens (tertiary/aromatic N) is 4. The summed E-state index contributed by atoms with van der Waals surface area (Å²) in [5.41, 5.74) is 1.59. The van der Waals surface area contributed by atoms with Gasteiger partial charge in [-0.05, 0) is 43.2 Å². The van der Waals surface area contributed by atoms with Crippen LogP contribution in [0.15, 0.2) is 42.7 Å². The molecule has 0 spiro atoms. The highest BCUT2D eigenvalue weighted by atomic mass is 19.2. The maximum atomic E-state index is 13.9. The smallest absolute Gasteiger partial charge is 0.227 e. The quantitative estimate of drug-likeness (QED) is 0.662. The number of benzene rings is 1. The standard InChI is InChI=1S/C19H18F3N5/c1-12-11-16(25-15-4-3-14(20)17(21)18(15)22)26-19(24-12)27(2)10-7-13-5-8-23-9-6-13/h3-6,8-9,11H,7,10H2,1-2H3,(H,24,25,26). The van der Waals surface area contributed by atoms with E-state index in [1.165, 1.54) is 0 Å². The van der Waals surface area contributed by atoms with Crippen LogP contribution in [0.2, 0.25) is 0 Å². The van der Waals surface area contributed by atoms with Gasteiger partial charge in [-0.3, -0.25) is 4.98 Å². The van der Waals surface area contributed by atoms with Crippen LogP contribution in [0.1, 0.15) is 11.3 Å². The Kier molecular flexibility index (Phi) is 5.54. The van der Waals surface area contributed by atoms with Crippen molar-refractivity contribution in [3.8, 4) is 0 Å². The normalized spacial score (nSPS) is 10.7. The van der Waals surface area contributed by atoms with Gasteiger partial charge in [0.15, 0.2) is 17.5 Å². The van der Waals surface area contributed by atoms with Gasteiger partial charge < -0.3 is 10.2 Å². The zero-order chi connectivity index (χ0) is 19.4. The number of aryl methyl sites for hydroxylation is 1. The fourth-order valence-corrected chi connectivity index (χ4v) is 2.49. The minimum absolute atomic E-state index is 0.197. The summed E-state index contributed by atoms with van der Waals surface area (Å²) in [6, 6.07) is 7.45. The summed E-state index contributed by atoms with van der Waals surface area (Å²) >= 11 is 0. The maximum Gasteiger partial charge on any atom is 0.227 e. The van der Waals surface area contributed by atoms with Gasteiger partial charge in [-0.25, -0.2) is 18.2 Å². The van der Waals surface area contributed by atoms with Gasteiger partial charge in [-0.2, -0.15) is 4.98 Å². The average molecular weight is 373 g/mol. The van der Waals surface area contributed by atoms with E-state index in [1.807, 2.05) is 24.1 Å². The Hall–Kier alpha value is -3.16. The number of aromatic nitrogens is 3. The predicted octanol–water partition coefficient (Wildman–Crippen LogP) is 4.02. The van der Waals surface area contributed by atoms with Crippen LogP contribution in [-0.2, 0) is 6.42 Å². The molecule has 0 saturated carbocycles. The van der Waals surface area contributed by atoms with Gasteiger partial charge in [0.2, 0.25) is 5.95 Å². The van der Waals surface area contributed by atoms with E-state index in [1.54, 1.807) is 25.4 Å². The Balaban J connectivity index is 1.77. The monoisotopic (exact) mass is 373 g/mol. The third-order valence-electron chi connectivity index (χ3n) is 3.97. The first-order valence-corrected chi connectivity index (χ1v) is 8.30. The van der Waals surface area contributed by atoms with Crippen molar-refractivity contribution < 1.29 is 13.2 Å². The molecule has 2 aromatic heterocycles. The lowest BCUT2D eigenvalue weighted by Crippen LogP contribution is -2.23. The first kappa shape index (κ1) is 18.6. The second kappa shape index (κ2) is 8.03. The van der Waals surface area contributed by atoms with Gasteiger partial charge >= 0.3 is 0 Å². The Morgan fingerprint density at radius 3 is 2.48 bits per heavy atom. The molecule has 1 aromatic carbocycles. The molecular weight excluding hydrogens is 355 g/mol. The van der Waals surface area contributed by atoms with Gasteiger partial charge in [0, 0.05) is 37.7 Å². The van der Waals surface area contributed by atoms with Crippen molar-refractivity contribution in [2.24, 2.45) is 0 Å². The van der Waals surface area contributed by atoms with Gasteiger partial charge in [-0.15, -0.1) is 0 Å². The van der Waals surface area contributed by atoms with Crippen molar-refractivity contribution in [3.05, 3.63) is 71.4 Å². The first-order valence-electron chi connectivity index (χ1n) is 8.30. The van der Waals surface area contributed by atoms with E-state index in [-0.39, 0.29) is 11.5 Å². The van der Waals surface area contributed by atoms with E-state index < -0.39 is 17.5 Å². The van der Waals surface area contributed by atoms with Gasteiger partial charge in [0.1, 0.15) is 5.82 Å². The van der Waals surface area contributed by atoms with Crippen LogP contribution < -0.4 is 10.2 Å². The molecule has 0 saturated heterocycles. The van der Waals surface area contributed by atoms with E-state index >= 15 is 0 Å². The van der Waals surface area contributed by atoms with Crippen molar-refractivity contribution >= 4 is 17.5 Å². The molecule has 0 aliphatic rings. The van der Waals surface area contributed by atoms with Crippen LogP contribution >= 0.6 is 0 Å². The largest absolute Gasteiger partial charge is 0.343 e. The highest BCUT2D eigenvalue weighted by molar-refractivity contribution is 5.58. The summed E-state index contributed by atoms with van der Waals surface area (Å²) in [4.78, 5) is 14.6. The van der Waals surface area contributed by atoms with Crippen LogP contribution in [-0.4, -0.2) is 28.5 Å². The van der Waals surface area contributed by atoms with Crippen LogP contribution in [0.25, 0.3) is 0 Å². The van der Waals surface area contributed by atoms with Crippen LogP contribution in [0.4, 0.5) is 30.6 Å². The van der Waals surface area contributed by atoms with Crippen LogP contribution in [0.3, 0.4) is 0 Å². The summed E-state index contributed by atoms with van der Waals surface area (Å²) in [5, 5.41) is 2.68. The fraction of sp³-hybridized carbons (Fsp3) is 0.211. The zero-order valence-electron chi connectivity index (χ0n) is 14.9. The van der Waals surface area contributed by atoms with Crippen molar-refractivity contribution in [1.29, 1.82) is 0 Å². The lowest BCUT2D eigenvalue weighted by Gasteiger charge is -2.18. The fourth-order valence-electron chi connectivity index (χ4n) is 2.49. The lowest BCUT2D eigenvalue weighted by molar-refractivity contribution is 0.449. The lowest BCUT2D eigenvalue weighted by atomic mass is 10.2. The SMILES string of the molecule is Cc1cc(Nc2ccc(F)c(F)c2F)nc(N(C)CCc2ccncc2)n1. The molecule has 0 radical (unpaired) electrons. The summed E-state index contributed by atoms with van der Waals surface area (Å²) in [7, 11) is 1.85. The number of anilines is 3. The van der Waals surface area contributed by atoms with Gasteiger partial charge in [-0.1, -0.05) is 0 Å².